The molecule has 0 fully saturated rings. The van der Waals surface area contributed by atoms with Gasteiger partial charge in [-0.05, 0) is 24.3 Å². The third-order valence-corrected chi connectivity index (χ3v) is 7.35. The van der Waals surface area contributed by atoms with E-state index in [9.17, 15) is 0 Å². The zero-order valence-corrected chi connectivity index (χ0v) is 22.1. The average Bonchev–Trinajstić information content (AvgIpc) is 3.34. The predicted molar refractivity (Wildman–Crippen MR) is 143 cm³/mol. The van der Waals surface area contributed by atoms with Crippen LogP contribution >= 0.6 is 0 Å². The monoisotopic (exact) mass is 453 g/mol. The van der Waals surface area contributed by atoms with Crippen LogP contribution in [0.1, 0.15) is 129 Å². The maximum Gasteiger partial charge on any atom is 0.241 e. The molecule has 0 spiro atoms. The third kappa shape index (κ3) is 11.9. The van der Waals surface area contributed by atoms with Gasteiger partial charge in [0.2, 0.25) is 6.33 Å². The number of unbranched alkanes of at least 4 members (excludes halogenated alkanes) is 13. The summed E-state index contributed by atoms with van der Waals surface area (Å²) in [6.45, 7) is 7.07. The van der Waals surface area contributed by atoms with Gasteiger partial charge in [0, 0.05) is 5.92 Å². The summed E-state index contributed by atoms with van der Waals surface area (Å²) in [7, 11) is 0. The molecule has 0 aliphatic rings. The van der Waals surface area contributed by atoms with E-state index in [1.54, 1.807) is 0 Å². The molecular formula is C31H53N2+. The number of aromatic nitrogens is 2. The Morgan fingerprint density at radius 3 is 1.76 bits per heavy atom. The molecular weight excluding hydrogens is 400 g/mol. The van der Waals surface area contributed by atoms with Crippen molar-refractivity contribution in [1.29, 1.82) is 0 Å². The van der Waals surface area contributed by atoms with Gasteiger partial charge in [0.15, 0.2) is 0 Å². The van der Waals surface area contributed by atoms with Crippen LogP contribution in [-0.4, -0.2) is 4.98 Å². The van der Waals surface area contributed by atoms with Crippen LogP contribution in [0.25, 0.3) is 0 Å². The minimum Gasteiger partial charge on any atom is -0.250 e. The van der Waals surface area contributed by atoms with E-state index in [1.165, 1.54) is 108 Å². The Labute approximate surface area is 205 Å². The van der Waals surface area contributed by atoms with Crippen molar-refractivity contribution in [2.45, 2.75) is 130 Å². The second kappa shape index (κ2) is 17.8. The van der Waals surface area contributed by atoms with Crippen LogP contribution in [0.15, 0.2) is 49.1 Å². The smallest absolute Gasteiger partial charge is 0.241 e. The minimum absolute atomic E-state index is 0.554. The number of imidazole rings is 1. The molecule has 33 heavy (non-hydrogen) atoms. The number of aromatic amines is 1. The SMILES string of the molecule is CCCCCCCCCCCCCCCCC(Cc1ccccc1)C(C(C)C)[n+]1cc[nH]c1. The molecule has 2 atom stereocenters. The Hall–Kier alpha value is -1.57. The number of rotatable bonds is 20. The number of hydrogen-bond acceptors (Lipinski definition) is 0. The van der Waals surface area contributed by atoms with Crippen molar-refractivity contribution >= 4 is 0 Å². The van der Waals surface area contributed by atoms with Gasteiger partial charge in [0.25, 0.3) is 0 Å². The van der Waals surface area contributed by atoms with Crippen molar-refractivity contribution in [3.8, 4) is 0 Å². The topological polar surface area (TPSA) is 19.7 Å². The standard InChI is InChI=1S/C31H52N2/c1-4-5-6-7-8-9-10-11-12-13-14-15-16-20-23-30(26-29-21-18-17-19-22-29)31(28(2)3)33-25-24-32-27-33/h17-19,21-22,24-25,27-28,30-31H,4-16,20,23,26H2,1-3H3/p+1. The van der Waals surface area contributed by atoms with Gasteiger partial charge >= 0.3 is 0 Å². The fourth-order valence-corrected chi connectivity index (χ4v) is 5.53. The second-order valence-corrected chi connectivity index (χ2v) is 10.6. The number of nitrogens with zero attached hydrogens (tertiary/aromatic N) is 1. The van der Waals surface area contributed by atoms with Crippen molar-refractivity contribution in [3.63, 3.8) is 0 Å². The summed E-state index contributed by atoms with van der Waals surface area (Å²) in [5.74, 6) is 1.32. The van der Waals surface area contributed by atoms with Crippen molar-refractivity contribution in [2.75, 3.05) is 0 Å². The average molecular weight is 454 g/mol. The van der Waals surface area contributed by atoms with E-state index < -0.39 is 0 Å². The highest BCUT2D eigenvalue weighted by molar-refractivity contribution is 5.15. The predicted octanol–water partition coefficient (Wildman–Crippen LogP) is 9.23. The van der Waals surface area contributed by atoms with Crippen molar-refractivity contribution in [1.82, 2.24) is 4.98 Å². The molecule has 0 aliphatic heterocycles. The first-order valence-electron chi connectivity index (χ1n) is 14.3. The number of benzene rings is 1. The number of H-pyrrole nitrogens is 1. The van der Waals surface area contributed by atoms with E-state index in [1.807, 2.05) is 0 Å². The lowest BCUT2D eigenvalue weighted by molar-refractivity contribution is -0.735. The highest BCUT2D eigenvalue weighted by Crippen LogP contribution is 2.30. The van der Waals surface area contributed by atoms with Crippen LogP contribution in [0.4, 0.5) is 0 Å². The van der Waals surface area contributed by atoms with Gasteiger partial charge in [-0.25, -0.2) is 4.57 Å². The Kier molecular flexibility index (Phi) is 15.0. The zero-order valence-electron chi connectivity index (χ0n) is 22.1. The van der Waals surface area contributed by atoms with Crippen LogP contribution in [0, 0.1) is 11.8 Å². The summed E-state index contributed by atoms with van der Waals surface area (Å²) in [5, 5.41) is 0. The van der Waals surface area contributed by atoms with Crippen LogP contribution in [-0.2, 0) is 6.42 Å². The van der Waals surface area contributed by atoms with E-state index in [0.717, 1.165) is 0 Å². The first kappa shape index (κ1) is 27.7. The van der Waals surface area contributed by atoms with Crippen molar-refractivity contribution in [2.24, 2.45) is 11.8 Å². The Morgan fingerprint density at radius 1 is 0.727 bits per heavy atom. The van der Waals surface area contributed by atoms with Crippen LogP contribution < -0.4 is 4.57 Å². The fraction of sp³-hybridized carbons (Fsp3) is 0.710. The van der Waals surface area contributed by atoms with Gasteiger partial charge in [0.05, 0.1) is 0 Å². The maximum atomic E-state index is 3.27. The molecule has 1 aromatic carbocycles. The highest BCUT2D eigenvalue weighted by atomic mass is 15.1. The maximum absolute atomic E-state index is 3.27. The molecule has 2 heteroatoms. The zero-order chi connectivity index (χ0) is 23.6. The van der Waals surface area contributed by atoms with E-state index in [0.29, 0.717) is 17.9 Å². The van der Waals surface area contributed by atoms with E-state index in [4.69, 9.17) is 0 Å². The molecule has 0 saturated heterocycles. The summed E-state index contributed by atoms with van der Waals surface area (Å²) < 4.78 is 2.42. The van der Waals surface area contributed by atoms with Crippen LogP contribution in [0.2, 0.25) is 0 Å². The molecule has 1 aromatic heterocycles. The minimum atomic E-state index is 0.554. The first-order valence-corrected chi connectivity index (χ1v) is 14.3. The van der Waals surface area contributed by atoms with Gasteiger partial charge in [-0.15, -0.1) is 0 Å². The number of nitrogens with one attached hydrogen (secondary N) is 1. The molecule has 2 nitrogen and oxygen atoms in total. The molecule has 186 valence electrons. The van der Waals surface area contributed by atoms with Crippen LogP contribution in [0.5, 0.6) is 0 Å². The quantitative estimate of drug-likeness (QED) is 0.152. The molecule has 0 aliphatic carbocycles. The third-order valence-electron chi connectivity index (χ3n) is 7.35. The molecule has 0 saturated carbocycles. The Balaban J connectivity index is 1.64. The lowest BCUT2D eigenvalue weighted by Gasteiger charge is -2.28. The summed E-state index contributed by atoms with van der Waals surface area (Å²) in [6.07, 6.45) is 29.0. The Morgan fingerprint density at radius 2 is 1.27 bits per heavy atom. The summed E-state index contributed by atoms with van der Waals surface area (Å²) >= 11 is 0. The largest absolute Gasteiger partial charge is 0.250 e. The normalized spacial score (nSPS) is 13.5. The van der Waals surface area contributed by atoms with E-state index >= 15 is 0 Å². The van der Waals surface area contributed by atoms with E-state index in [2.05, 4.69) is 79.4 Å². The summed E-state index contributed by atoms with van der Waals surface area (Å²) in [6, 6.07) is 11.7. The molecule has 0 amide bonds. The van der Waals surface area contributed by atoms with Gasteiger partial charge in [-0.2, -0.15) is 0 Å². The number of hydrogen-bond donors (Lipinski definition) is 1. The lowest BCUT2D eigenvalue weighted by Crippen LogP contribution is -2.45. The molecule has 2 rings (SSSR count). The molecule has 1 heterocycles. The molecule has 2 aromatic rings. The highest BCUT2D eigenvalue weighted by Gasteiger charge is 2.29. The van der Waals surface area contributed by atoms with Gasteiger partial charge in [0.1, 0.15) is 18.4 Å². The van der Waals surface area contributed by atoms with Gasteiger partial charge in [-0.1, -0.05) is 141 Å². The summed E-state index contributed by atoms with van der Waals surface area (Å²) in [4.78, 5) is 3.27. The fourth-order valence-electron chi connectivity index (χ4n) is 5.53. The first-order chi connectivity index (χ1) is 16.2. The second-order valence-electron chi connectivity index (χ2n) is 10.6. The van der Waals surface area contributed by atoms with Gasteiger partial charge in [-0.3, -0.25) is 4.98 Å². The lowest BCUT2D eigenvalue weighted by atomic mass is 9.82. The molecule has 2 unspecified atom stereocenters. The molecule has 0 bridgehead atoms. The van der Waals surface area contributed by atoms with Crippen molar-refractivity contribution in [3.05, 3.63) is 54.6 Å². The van der Waals surface area contributed by atoms with Crippen molar-refractivity contribution < 1.29 is 4.57 Å². The molecule has 0 radical (unpaired) electrons. The Bertz CT molecular complexity index is 661. The van der Waals surface area contributed by atoms with Gasteiger partial charge < -0.3 is 0 Å². The summed E-state index contributed by atoms with van der Waals surface area (Å²) in [5.41, 5.74) is 1.48. The van der Waals surface area contributed by atoms with E-state index in [-0.39, 0.29) is 0 Å². The molecule has 1 N–H and O–H groups in total. The van der Waals surface area contributed by atoms with Crippen LogP contribution in [0.3, 0.4) is 0 Å².